The number of nitro groups is 1. The summed E-state index contributed by atoms with van der Waals surface area (Å²) in [6.45, 7) is 0. The van der Waals surface area contributed by atoms with Gasteiger partial charge in [-0.1, -0.05) is 12.1 Å². The van der Waals surface area contributed by atoms with Crippen molar-refractivity contribution >= 4 is 57.2 Å². The molecule has 0 saturated heterocycles. The molecule has 28 heavy (non-hydrogen) atoms. The molecule has 10 heteroatoms. The van der Waals surface area contributed by atoms with Gasteiger partial charge in [-0.2, -0.15) is 0 Å². The molecule has 0 atom stereocenters. The van der Waals surface area contributed by atoms with E-state index in [9.17, 15) is 19.3 Å². The molecule has 2 aromatic carbocycles. The van der Waals surface area contributed by atoms with Gasteiger partial charge in [-0.05, 0) is 71.2 Å². The molecule has 142 valence electrons. The Balaban J connectivity index is 1.72. The Kier molecular flexibility index (Phi) is 5.99. The van der Waals surface area contributed by atoms with Crippen LogP contribution in [0.25, 0.3) is 11.3 Å². The van der Waals surface area contributed by atoms with Crippen LogP contribution < -0.4 is 10.6 Å². The fraction of sp³-hybridized carbons (Fsp3) is 0. The SMILES string of the molecule is O=C(NC(=S)Nc1ccc(I)cc1F)c1ccc(-c2ccccc2[N+](=O)[O-])o1. The van der Waals surface area contributed by atoms with Gasteiger partial charge >= 0.3 is 0 Å². The summed E-state index contributed by atoms with van der Waals surface area (Å²) in [5, 5.41) is 16.0. The number of carbonyl (C=O) groups excluding carboxylic acids is 1. The number of furan rings is 1. The van der Waals surface area contributed by atoms with Crippen LogP contribution in [0.15, 0.2) is 59.0 Å². The third kappa shape index (κ3) is 4.51. The molecule has 0 aliphatic rings. The highest BCUT2D eigenvalue weighted by molar-refractivity contribution is 14.1. The molecular formula is C18H11FIN3O4S. The molecule has 0 bridgehead atoms. The van der Waals surface area contributed by atoms with Crippen molar-refractivity contribution in [3.8, 4) is 11.3 Å². The number of anilines is 1. The van der Waals surface area contributed by atoms with Crippen LogP contribution in [0.2, 0.25) is 0 Å². The Morgan fingerprint density at radius 2 is 1.93 bits per heavy atom. The van der Waals surface area contributed by atoms with Crippen LogP contribution in [0, 0.1) is 19.5 Å². The minimum atomic E-state index is -0.673. The van der Waals surface area contributed by atoms with Crippen LogP contribution in [0.1, 0.15) is 10.6 Å². The van der Waals surface area contributed by atoms with Gasteiger partial charge in [0.15, 0.2) is 10.9 Å². The first-order valence-electron chi connectivity index (χ1n) is 7.76. The quantitative estimate of drug-likeness (QED) is 0.228. The maximum atomic E-state index is 13.9. The van der Waals surface area contributed by atoms with E-state index < -0.39 is 16.6 Å². The molecule has 2 N–H and O–H groups in total. The molecule has 7 nitrogen and oxygen atoms in total. The van der Waals surface area contributed by atoms with Crippen molar-refractivity contribution in [2.45, 2.75) is 0 Å². The van der Waals surface area contributed by atoms with Crippen molar-refractivity contribution < 1.29 is 18.5 Å². The second-order valence-electron chi connectivity index (χ2n) is 5.47. The smallest absolute Gasteiger partial charge is 0.293 e. The van der Waals surface area contributed by atoms with E-state index in [1.165, 1.54) is 42.5 Å². The van der Waals surface area contributed by atoms with Gasteiger partial charge in [-0.25, -0.2) is 4.39 Å². The van der Waals surface area contributed by atoms with Gasteiger partial charge in [0.05, 0.1) is 16.2 Å². The summed E-state index contributed by atoms with van der Waals surface area (Å²) in [7, 11) is 0. The van der Waals surface area contributed by atoms with Gasteiger partial charge in [-0.3, -0.25) is 20.2 Å². The molecule has 0 spiro atoms. The van der Waals surface area contributed by atoms with E-state index in [1.54, 1.807) is 12.1 Å². The number of nitro benzene ring substituents is 1. The van der Waals surface area contributed by atoms with Gasteiger partial charge in [0.1, 0.15) is 11.6 Å². The third-order valence-electron chi connectivity index (χ3n) is 3.60. The minimum Gasteiger partial charge on any atom is -0.451 e. The van der Waals surface area contributed by atoms with Crippen LogP contribution in [0.5, 0.6) is 0 Å². The predicted octanol–water partition coefficient (Wildman–Crippen LogP) is 4.73. The van der Waals surface area contributed by atoms with Crippen molar-refractivity contribution in [3.05, 3.63) is 79.9 Å². The fourth-order valence-corrected chi connectivity index (χ4v) is 3.01. The monoisotopic (exact) mass is 511 g/mol. The van der Waals surface area contributed by atoms with Gasteiger partial charge < -0.3 is 9.73 Å². The van der Waals surface area contributed by atoms with E-state index in [2.05, 4.69) is 10.6 Å². The molecule has 3 rings (SSSR count). The zero-order chi connectivity index (χ0) is 20.3. The van der Waals surface area contributed by atoms with Crippen molar-refractivity contribution in [1.29, 1.82) is 0 Å². The van der Waals surface area contributed by atoms with E-state index in [1.807, 2.05) is 22.6 Å². The molecule has 1 heterocycles. The Morgan fingerprint density at radius 3 is 2.64 bits per heavy atom. The molecule has 3 aromatic rings. The highest BCUT2D eigenvalue weighted by Crippen LogP contribution is 2.30. The first-order chi connectivity index (χ1) is 13.3. The standard InChI is InChI=1S/C18H11FIN3O4S/c19-12-9-10(20)5-6-13(12)21-18(28)22-17(24)16-8-7-15(27-16)11-3-1-2-4-14(11)23(25)26/h1-9H,(H2,21,22,24,28). The summed E-state index contributed by atoms with van der Waals surface area (Å²) in [6.07, 6.45) is 0. The lowest BCUT2D eigenvalue weighted by Crippen LogP contribution is -2.34. The van der Waals surface area contributed by atoms with E-state index in [-0.39, 0.29) is 33.6 Å². The van der Waals surface area contributed by atoms with Crippen LogP contribution in [-0.4, -0.2) is 15.9 Å². The lowest BCUT2D eigenvalue weighted by molar-refractivity contribution is -0.384. The molecule has 0 aliphatic carbocycles. The van der Waals surface area contributed by atoms with Crippen molar-refractivity contribution in [3.63, 3.8) is 0 Å². The van der Waals surface area contributed by atoms with Crippen LogP contribution in [0.4, 0.5) is 15.8 Å². The van der Waals surface area contributed by atoms with Gasteiger partial charge in [-0.15, -0.1) is 0 Å². The Morgan fingerprint density at radius 1 is 1.18 bits per heavy atom. The number of halogens is 2. The molecular weight excluding hydrogens is 500 g/mol. The summed E-state index contributed by atoms with van der Waals surface area (Å²) in [6, 6.07) is 13.3. The molecule has 0 unspecified atom stereocenters. The van der Waals surface area contributed by atoms with Crippen molar-refractivity contribution in [2.75, 3.05) is 5.32 Å². The van der Waals surface area contributed by atoms with E-state index >= 15 is 0 Å². The van der Waals surface area contributed by atoms with E-state index in [4.69, 9.17) is 16.6 Å². The number of carbonyl (C=O) groups is 1. The average Bonchev–Trinajstić information content (AvgIpc) is 3.14. The van der Waals surface area contributed by atoms with Crippen LogP contribution in [0.3, 0.4) is 0 Å². The number of hydrogen-bond donors (Lipinski definition) is 2. The third-order valence-corrected chi connectivity index (χ3v) is 4.48. The van der Waals surface area contributed by atoms with Crippen molar-refractivity contribution in [2.24, 2.45) is 0 Å². The Bertz CT molecular complexity index is 1090. The number of nitrogens with zero attached hydrogens (tertiary/aromatic N) is 1. The molecule has 0 saturated carbocycles. The topological polar surface area (TPSA) is 97.4 Å². The maximum absolute atomic E-state index is 13.9. The zero-order valence-electron chi connectivity index (χ0n) is 13.9. The number of thiocarbonyl (C=S) groups is 1. The second-order valence-corrected chi connectivity index (χ2v) is 7.12. The fourth-order valence-electron chi connectivity index (χ4n) is 2.36. The zero-order valence-corrected chi connectivity index (χ0v) is 16.9. The molecule has 1 amide bonds. The highest BCUT2D eigenvalue weighted by atomic mass is 127. The minimum absolute atomic E-state index is 0.0969. The predicted molar refractivity (Wildman–Crippen MR) is 114 cm³/mol. The van der Waals surface area contributed by atoms with Crippen LogP contribution in [-0.2, 0) is 0 Å². The first-order valence-corrected chi connectivity index (χ1v) is 9.25. The van der Waals surface area contributed by atoms with Gasteiger partial charge in [0.25, 0.3) is 11.6 Å². The first kappa shape index (κ1) is 19.9. The summed E-state index contributed by atoms with van der Waals surface area (Å²) in [5.41, 5.74) is 0.217. The number of para-hydroxylation sites is 1. The average molecular weight is 511 g/mol. The molecule has 0 fully saturated rings. The normalized spacial score (nSPS) is 10.4. The second kappa shape index (κ2) is 8.44. The lowest BCUT2D eigenvalue weighted by atomic mass is 10.1. The van der Waals surface area contributed by atoms with E-state index in [0.717, 1.165) is 0 Å². The largest absolute Gasteiger partial charge is 0.451 e. The summed E-state index contributed by atoms with van der Waals surface area (Å²) >= 11 is 6.99. The van der Waals surface area contributed by atoms with Crippen molar-refractivity contribution in [1.82, 2.24) is 5.32 Å². The maximum Gasteiger partial charge on any atom is 0.293 e. The van der Waals surface area contributed by atoms with Gasteiger partial charge in [0.2, 0.25) is 0 Å². The number of benzene rings is 2. The Labute approximate surface area is 177 Å². The number of hydrogen-bond acceptors (Lipinski definition) is 5. The lowest BCUT2D eigenvalue weighted by Gasteiger charge is -2.09. The summed E-state index contributed by atoms with van der Waals surface area (Å²) in [5.74, 6) is -1.12. The Hall–Kier alpha value is -2.86. The molecule has 0 aliphatic heterocycles. The summed E-state index contributed by atoms with van der Waals surface area (Å²) in [4.78, 5) is 22.9. The number of rotatable bonds is 4. The molecule has 1 aromatic heterocycles. The van der Waals surface area contributed by atoms with E-state index in [0.29, 0.717) is 3.57 Å². The summed E-state index contributed by atoms with van der Waals surface area (Å²) < 4.78 is 20.0. The highest BCUT2D eigenvalue weighted by Gasteiger charge is 2.19. The number of nitrogens with one attached hydrogen (secondary N) is 2. The van der Waals surface area contributed by atoms with Gasteiger partial charge in [0, 0.05) is 9.64 Å². The number of amides is 1. The van der Waals surface area contributed by atoms with Crippen LogP contribution >= 0.6 is 34.8 Å². The molecule has 0 radical (unpaired) electrons.